The summed E-state index contributed by atoms with van der Waals surface area (Å²) in [6.45, 7) is 0. The molecule has 0 fully saturated rings. The lowest BCUT2D eigenvalue weighted by molar-refractivity contribution is 1.20. The highest BCUT2D eigenvalue weighted by Gasteiger charge is 2.06. The van der Waals surface area contributed by atoms with Gasteiger partial charge in [-0.15, -0.1) is 5.10 Å². The fourth-order valence-corrected chi connectivity index (χ4v) is 2.91. The maximum atomic E-state index is 4.14. The molecule has 0 amide bonds. The Morgan fingerprint density at radius 2 is 1.93 bits per heavy atom. The molecule has 0 unspecified atom stereocenters. The Labute approximate surface area is 92.9 Å². The van der Waals surface area contributed by atoms with Gasteiger partial charge in [-0.1, -0.05) is 44.7 Å². The van der Waals surface area contributed by atoms with Gasteiger partial charge >= 0.3 is 0 Å². The van der Waals surface area contributed by atoms with Crippen molar-refractivity contribution in [3.05, 3.63) is 34.8 Å². The summed E-state index contributed by atoms with van der Waals surface area (Å²) in [4.78, 5) is 0. The average Bonchev–Trinajstić information content (AvgIpc) is 2.66. The molecule has 0 spiro atoms. The molecule has 2 aromatic carbocycles. The maximum absolute atomic E-state index is 4.14. The standard InChI is InChI=1S/C10H5BrN2S/c11-8-5-9-10(12-13-14-9)7-4-2-1-3-6(7)8/h1-5H. The molecule has 0 radical (unpaired) electrons. The number of fused-ring (bicyclic) bond motifs is 3. The van der Waals surface area contributed by atoms with Crippen LogP contribution in [0.3, 0.4) is 0 Å². The number of hydrogen-bond donors (Lipinski definition) is 0. The lowest BCUT2D eigenvalue weighted by Crippen LogP contribution is -1.77. The van der Waals surface area contributed by atoms with Crippen molar-refractivity contribution in [2.45, 2.75) is 0 Å². The summed E-state index contributed by atoms with van der Waals surface area (Å²) in [5.41, 5.74) is 0.994. The first kappa shape index (κ1) is 8.32. The van der Waals surface area contributed by atoms with Crippen LogP contribution in [0.5, 0.6) is 0 Å². The summed E-state index contributed by atoms with van der Waals surface area (Å²) in [5, 5.41) is 6.48. The summed E-state index contributed by atoms with van der Waals surface area (Å²) < 4.78 is 6.19. The van der Waals surface area contributed by atoms with Crippen LogP contribution in [0, 0.1) is 0 Å². The third-order valence-corrected chi connectivity index (χ3v) is 3.54. The smallest absolute Gasteiger partial charge is 0.113 e. The van der Waals surface area contributed by atoms with Crippen molar-refractivity contribution in [3.8, 4) is 0 Å². The average molecular weight is 265 g/mol. The molecule has 14 heavy (non-hydrogen) atoms. The van der Waals surface area contributed by atoms with Crippen LogP contribution >= 0.6 is 27.5 Å². The molecule has 3 aromatic rings. The van der Waals surface area contributed by atoms with Crippen molar-refractivity contribution >= 4 is 48.5 Å². The van der Waals surface area contributed by atoms with E-state index in [-0.39, 0.29) is 0 Å². The van der Waals surface area contributed by atoms with Gasteiger partial charge in [0, 0.05) is 9.86 Å². The molecule has 2 nitrogen and oxygen atoms in total. The molecule has 1 aromatic heterocycles. The second kappa shape index (κ2) is 3.00. The largest absolute Gasteiger partial charge is 0.137 e. The van der Waals surface area contributed by atoms with E-state index >= 15 is 0 Å². The quantitative estimate of drug-likeness (QED) is 0.620. The number of halogens is 1. The van der Waals surface area contributed by atoms with Crippen LogP contribution in [0.4, 0.5) is 0 Å². The molecule has 1 heterocycles. The highest BCUT2D eigenvalue weighted by Crippen LogP contribution is 2.31. The van der Waals surface area contributed by atoms with E-state index in [0.29, 0.717) is 0 Å². The molecule has 68 valence electrons. The van der Waals surface area contributed by atoms with E-state index in [2.05, 4.69) is 43.7 Å². The van der Waals surface area contributed by atoms with E-state index in [4.69, 9.17) is 0 Å². The van der Waals surface area contributed by atoms with E-state index in [1.54, 1.807) is 0 Å². The Morgan fingerprint density at radius 1 is 1.14 bits per heavy atom. The van der Waals surface area contributed by atoms with Gasteiger partial charge in [0.25, 0.3) is 0 Å². The van der Waals surface area contributed by atoms with E-state index in [1.165, 1.54) is 16.9 Å². The topological polar surface area (TPSA) is 25.8 Å². The minimum absolute atomic E-state index is 0.994. The Kier molecular flexibility index (Phi) is 1.78. The zero-order valence-electron chi connectivity index (χ0n) is 7.07. The Morgan fingerprint density at radius 3 is 2.79 bits per heavy atom. The first-order valence-corrected chi connectivity index (χ1v) is 5.72. The van der Waals surface area contributed by atoms with Crippen LogP contribution in [-0.4, -0.2) is 9.59 Å². The van der Waals surface area contributed by atoms with Crippen molar-refractivity contribution in [1.29, 1.82) is 0 Å². The van der Waals surface area contributed by atoms with Gasteiger partial charge in [0.05, 0.1) is 4.70 Å². The number of rotatable bonds is 0. The molecule has 0 bridgehead atoms. The third-order valence-electron chi connectivity index (χ3n) is 2.21. The molecule has 0 N–H and O–H groups in total. The Balaban J connectivity index is 2.67. The Bertz CT molecular complexity index is 618. The van der Waals surface area contributed by atoms with Gasteiger partial charge in [0.1, 0.15) is 5.52 Å². The first-order valence-electron chi connectivity index (χ1n) is 4.15. The SMILES string of the molecule is Brc1cc2snnc2c2ccccc12. The van der Waals surface area contributed by atoms with Crippen molar-refractivity contribution in [2.75, 3.05) is 0 Å². The van der Waals surface area contributed by atoms with Gasteiger partial charge in [-0.2, -0.15) is 0 Å². The highest BCUT2D eigenvalue weighted by molar-refractivity contribution is 9.10. The minimum atomic E-state index is 0.994. The number of aromatic nitrogens is 2. The van der Waals surface area contributed by atoms with Crippen LogP contribution in [0.15, 0.2) is 34.8 Å². The first-order chi connectivity index (χ1) is 6.86. The van der Waals surface area contributed by atoms with Crippen LogP contribution in [-0.2, 0) is 0 Å². The van der Waals surface area contributed by atoms with Gasteiger partial charge in [-0.05, 0) is 23.0 Å². The van der Waals surface area contributed by atoms with E-state index in [0.717, 1.165) is 20.1 Å². The van der Waals surface area contributed by atoms with Gasteiger partial charge in [-0.25, -0.2) is 0 Å². The molecule has 0 aliphatic rings. The number of hydrogen-bond acceptors (Lipinski definition) is 3. The van der Waals surface area contributed by atoms with Crippen molar-refractivity contribution in [1.82, 2.24) is 9.59 Å². The summed E-state index contributed by atoms with van der Waals surface area (Å²) in [6, 6.07) is 10.3. The van der Waals surface area contributed by atoms with Crippen molar-refractivity contribution in [3.63, 3.8) is 0 Å². The number of nitrogens with zero attached hydrogens (tertiary/aromatic N) is 2. The fraction of sp³-hybridized carbons (Fsp3) is 0. The summed E-state index contributed by atoms with van der Waals surface area (Å²) in [7, 11) is 0. The molecule has 0 atom stereocenters. The van der Waals surface area contributed by atoms with Crippen molar-refractivity contribution in [2.24, 2.45) is 0 Å². The summed E-state index contributed by atoms with van der Waals surface area (Å²) in [6.07, 6.45) is 0. The van der Waals surface area contributed by atoms with E-state index in [1.807, 2.05) is 12.1 Å². The molecule has 0 saturated heterocycles. The molecule has 0 aliphatic heterocycles. The third kappa shape index (κ3) is 1.07. The van der Waals surface area contributed by atoms with Crippen LogP contribution in [0.2, 0.25) is 0 Å². The minimum Gasteiger partial charge on any atom is -0.137 e. The molecule has 0 saturated carbocycles. The van der Waals surface area contributed by atoms with Crippen LogP contribution in [0.25, 0.3) is 21.0 Å². The Hall–Kier alpha value is -1.00. The second-order valence-electron chi connectivity index (χ2n) is 3.02. The van der Waals surface area contributed by atoms with Gasteiger partial charge in [0.15, 0.2) is 0 Å². The zero-order valence-corrected chi connectivity index (χ0v) is 9.47. The normalized spacial score (nSPS) is 11.2. The van der Waals surface area contributed by atoms with Gasteiger partial charge in [-0.3, -0.25) is 0 Å². The molecule has 3 rings (SSSR count). The molecule has 4 heteroatoms. The van der Waals surface area contributed by atoms with Crippen molar-refractivity contribution < 1.29 is 0 Å². The predicted molar refractivity (Wildman–Crippen MR) is 62.6 cm³/mol. The van der Waals surface area contributed by atoms with Crippen LogP contribution < -0.4 is 0 Å². The predicted octanol–water partition coefficient (Wildman–Crippen LogP) is 3.61. The summed E-state index contributed by atoms with van der Waals surface area (Å²) >= 11 is 4.98. The maximum Gasteiger partial charge on any atom is 0.113 e. The second-order valence-corrected chi connectivity index (χ2v) is 4.66. The zero-order chi connectivity index (χ0) is 9.54. The van der Waals surface area contributed by atoms with Gasteiger partial charge < -0.3 is 0 Å². The lowest BCUT2D eigenvalue weighted by Gasteiger charge is -1.99. The number of benzene rings is 2. The lowest BCUT2D eigenvalue weighted by atomic mass is 10.1. The molecular weight excluding hydrogens is 260 g/mol. The highest BCUT2D eigenvalue weighted by atomic mass is 79.9. The summed E-state index contributed by atoms with van der Waals surface area (Å²) in [5.74, 6) is 0. The van der Waals surface area contributed by atoms with Crippen LogP contribution in [0.1, 0.15) is 0 Å². The molecule has 0 aliphatic carbocycles. The van der Waals surface area contributed by atoms with Gasteiger partial charge in [0.2, 0.25) is 0 Å². The van der Waals surface area contributed by atoms with E-state index < -0.39 is 0 Å². The monoisotopic (exact) mass is 264 g/mol. The fourth-order valence-electron chi connectivity index (χ4n) is 1.57. The van der Waals surface area contributed by atoms with E-state index in [9.17, 15) is 0 Å². The molecular formula is C10H5BrN2S.